The van der Waals surface area contributed by atoms with Gasteiger partial charge in [-0.25, -0.2) is 0 Å². The first-order chi connectivity index (χ1) is 8.31. The first-order valence-corrected chi connectivity index (χ1v) is 5.95. The molecule has 0 aromatic heterocycles. The smallest absolute Gasteiger partial charge is 0.398 e. The van der Waals surface area contributed by atoms with Crippen molar-refractivity contribution in [3.8, 4) is 0 Å². The molecule has 1 rings (SSSR count). The number of rotatable bonds is 4. The molecule has 0 aliphatic heterocycles. The van der Waals surface area contributed by atoms with Crippen LogP contribution < -0.4 is 5.73 Å². The maximum Gasteiger partial charge on any atom is 0.416 e. The molecule has 0 bridgehead atoms. The summed E-state index contributed by atoms with van der Waals surface area (Å²) in [5.41, 5.74) is 5.23. The van der Waals surface area contributed by atoms with E-state index in [9.17, 15) is 18.3 Å². The van der Waals surface area contributed by atoms with E-state index in [1.807, 2.05) is 13.8 Å². The van der Waals surface area contributed by atoms with Crippen LogP contribution in [0.3, 0.4) is 0 Å². The summed E-state index contributed by atoms with van der Waals surface area (Å²) in [4.78, 5) is 0. The average molecular weight is 261 g/mol. The normalized spacial score (nSPS) is 13.9. The van der Waals surface area contributed by atoms with E-state index in [4.69, 9.17) is 5.73 Å². The van der Waals surface area contributed by atoms with Crippen LogP contribution in [0.4, 0.5) is 18.9 Å². The minimum Gasteiger partial charge on any atom is -0.398 e. The van der Waals surface area contributed by atoms with Crippen LogP contribution in [0.15, 0.2) is 18.2 Å². The molecule has 1 aromatic rings. The highest BCUT2D eigenvalue weighted by Gasteiger charge is 2.32. The molecule has 0 fully saturated rings. The van der Waals surface area contributed by atoms with Gasteiger partial charge in [0, 0.05) is 11.3 Å². The second-order valence-electron chi connectivity index (χ2n) is 4.36. The summed E-state index contributed by atoms with van der Waals surface area (Å²) < 4.78 is 37.8. The number of anilines is 1. The van der Waals surface area contributed by atoms with Gasteiger partial charge >= 0.3 is 6.18 Å². The second-order valence-corrected chi connectivity index (χ2v) is 4.36. The Labute approximate surface area is 105 Å². The molecule has 0 aliphatic rings. The fraction of sp³-hybridized carbons (Fsp3) is 0.538. The Balaban J connectivity index is 3.15. The predicted octanol–water partition coefficient (Wildman–Crippen LogP) is 3.76. The van der Waals surface area contributed by atoms with E-state index in [1.54, 1.807) is 0 Å². The number of nitrogen functional groups attached to an aromatic ring is 1. The number of aliphatic hydroxyl groups is 1. The lowest BCUT2D eigenvalue weighted by atomic mass is 9.89. The highest BCUT2D eigenvalue weighted by molar-refractivity contribution is 5.50. The highest BCUT2D eigenvalue weighted by atomic mass is 19.4. The van der Waals surface area contributed by atoms with Gasteiger partial charge in [0.15, 0.2) is 0 Å². The third-order valence-electron chi connectivity index (χ3n) is 3.23. The molecule has 0 saturated carbocycles. The molecule has 0 spiro atoms. The van der Waals surface area contributed by atoms with Gasteiger partial charge in [-0.05, 0) is 24.1 Å². The molecule has 0 heterocycles. The van der Waals surface area contributed by atoms with Crippen molar-refractivity contribution >= 4 is 5.69 Å². The molecule has 18 heavy (non-hydrogen) atoms. The Bertz CT molecular complexity index is 400. The van der Waals surface area contributed by atoms with E-state index in [1.165, 1.54) is 6.07 Å². The minimum absolute atomic E-state index is 0.0872. The molecule has 102 valence electrons. The van der Waals surface area contributed by atoms with Gasteiger partial charge in [0.05, 0.1) is 11.7 Å². The van der Waals surface area contributed by atoms with Crippen molar-refractivity contribution in [3.05, 3.63) is 29.3 Å². The van der Waals surface area contributed by atoms with Gasteiger partial charge in [-0.1, -0.05) is 26.7 Å². The van der Waals surface area contributed by atoms with Crippen LogP contribution in [0.1, 0.15) is 43.9 Å². The van der Waals surface area contributed by atoms with Crippen LogP contribution in [0.25, 0.3) is 0 Å². The van der Waals surface area contributed by atoms with Crippen molar-refractivity contribution in [1.82, 2.24) is 0 Å². The Morgan fingerprint density at radius 3 is 2.22 bits per heavy atom. The lowest BCUT2D eigenvalue weighted by molar-refractivity contribution is -0.137. The number of nitrogens with two attached hydrogens (primary N) is 1. The van der Waals surface area contributed by atoms with E-state index < -0.39 is 17.8 Å². The zero-order valence-electron chi connectivity index (χ0n) is 10.5. The maximum absolute atomic E-state index is 12.6. The molecule has 3 N–H and O–H groups in total. The van der Waals surface area contributed by atoms with Crippen LogP contribution in [0.5, 0.6) is 0 Å². The number of aliphatic hydroxyl groups excluding tert-OH is 1. The summed E-state index contributed by atoms with van der Waals surface area (Å²) in [5.74, 6) is -0.0872. The molecule has 0 amide bonds. The fourth-order valence-corrected chi connectivity index (χ4v) is 2.00. The van der Waals surface area contributed by atoms with Crippen LogP contribution in [0, 0.1) is 5.92 Å². The molecule has 2 nitrogen and oxygen atoms in total. The lowest BCUT2D eigenvalue weighted by Crippen LogP contribution is -2.15. The van der Waals surface area contributed by atoms with Crippen molar-refractivity contribution in [2.24, 2.45) is 5.92 Å². The van der Waals surface area contributed by atoms with Gasteiger partial charge in [-0.15, -0.1) is 0 Å². The molecule has 1 aromatic carbocycles. The number of alkyl halides is 3. The summed E-state index contributed by atoms with van der Waals surface area (Å²) in [7, 11) is 0. The predicted molar refractivity (Wildman–Crippen MR) is 64.9 cm³/mol. The molecular formula is C13H18F3NO. The first kappa shape index (κ1) is 14.8. The summed E-state index contributed by atoms with van der Waals surface area (Å²) in [6, 6.07) is 3.07. The van der Waals surface area contributed by atoms with E-state index >= 15 is 0 Å². The Kier molecular flexibility index (Phi) is 4.62. The van der Waals surface area contributed by atoms with Crippen LogP contribution >= 0.6 is 0 Å². The molecule has 1 atom stereocenters. The van der Waals surface area contributed by atoms with Crippen molar-refractivity contribution in [3.63, 3.8) is 0 Å². The summed E-state index contributed by atoms with van der Waals surface area (Å²) in [6.45, 7) is 3.78. The Morgan fingerprint density at radius 1 is 1.22 bits per heavy atom. The van der Waals surface area contributed by atoms with Gasteiger partial charge in [0.2, 0.25) is 0 Å². The minimum atomic E-state index is -4.42. The topological polar surface area (TPSA) is 46.2 Å². The molecular weight excluding hydrogens is 243 g/mol. The van der Waals surface area contributed by atoms with Crippen molar-refractivity contribution < 1.29 is 18.3 Å². The van der Waals surface area contributed by atoms with Crippen molar-refractivity contribution in [1.29, 1.82) is 0 Å². The van der Waals surface area contributed by atoms with Crippen molar-refractivity contribution in [2.45, 2.75) is 39.0 Å². The fourth-order valence-electron chi connectivity index (χ4n) is 2.00. The SMILES string of the molecule is CCC(CC)C(O)c1cc(C(F)(F)F)ccc1N. The summed E-state index contributed by atoms with van der Waals surface area (Å²) in [6.07, 6.45) is -4.00. The molecule has 0 aliphatic carbocycles. The Morgan fingerprint density at radius 2 is 1.78 bits per heavy atom. The molecule has 5 heteroatoms. The van der Waals surface area contributed by atoms with E-state index in [-0.39, 0.29) is 17.2 Å². The maximum atomic E-state index is 12.6. The van der Waals surface area contributed by atoms with E-state index in [0.717, 1.165) is 12.1 Å². The third kappa shape index (κ3) is 3.16. The van der Waals surface area contributed by atoms with Gasteiger partial charge in [-0.2, -0.15) is 13.2 Å². The van der Waals surface area contributed by atoms with Crippen LogP contribution in [-0.2, 0) is 6.18 Å². The van der Waals surface area contributed by atoms with Crippen LogP contribution in [0.2, 0.25) is 0 Å². The zero-order valence-corrected chi connectivity index (χ0v) is 10.5. The number of hydrogen-bond acceptors (Lipinski definition) is 2. The number of hydrogen-bond donors (Lipinski definition) is 2. The van der Waals surface area contributed by atoms with Gasteiger partial charge in [-0.3, -0.25) is 0 Å². The number of benzene rings is 1. The Hall–Kier alpha value is -1.23. The second kappa shape index (κ2) is 5.61. The van der Waals surface area contributed by atoms with Gasteiger partial charge in [0.25, 0.3) is 0 Å². The highest BCUT2D eigenvalue weighted by Crippen LogP contribution is 2.36. The first-order valence-electron chi connectivity index (χ1n) is 5.95. The average Bonchev–Trinajstić information content (AvgIpc) is 2.29. The molecule has 1 unspecified atom stereocenters. The lowest BCUT2D eigenvalue weighted by Gasteiger charge is -2.22. The quantitative estimate of drug-likeness (QED) is 0.811. The largest absolute Gasteiger partial charge is 0.416 e. The van der Waals surface area contributed by atoms with Crippen molar-refractivity contribution in [2.75, 3.05) is 5.73 Å². The van der Waals surface area contributed by atoms with Gasteiger partial charge < -0.3 is 10.8 Å². The molecule has 0 radical (unpaired) electrons. The summed E-state index contributed by atoms with van der Waals surface area (Å²) >= 11 is 0. The monoisotopic (exact) mass is 261 g/mol. The van der Waals surface area contributed by atoms with Crippen LogP contribution in [-0.4, -0.2) is 5.11 Å². The third-order valence-corrected chi connectivity index (χ3v) is 3.23. The standard InChI is InChI=1S/C13H18F3NO/c1-3-8(4-2)12(18)10-7-9(13(14,15)16)5-6-11(10)17/h5-8,12,18H,3-4,17H2,1-2H3. The number of halogens is 3. The summed E-state index contributed by atoms with van der Waals surface area (Å²) in [5, 5.41) is 10.1. The van der Waals surface area contributed by atoms with Gasteiger partial charge in [0.1, 0.15) is 0 Å². The van der Waals surface area contributed by atoms with E-state index in [2.05, 4.69) is 0 Å². The van der Waals surface area contributed by atoms with E-state index in [0.29, 0.717) is 12.8 Å². The zero-order chi connectivity index (χ0) is 13.9. The molecule has 0 saturated heterocycles.